The molecule has 0 bridgehead atoms. The van der Waals surface area contributed by atoms with Gasteiger partial charge in [0.2, 0.25) is 5.91 Å². The summed E-state index contributed by atoms with van der Waals surface area (Å²) >= 11 is 5.84. The first-order chi connectivity index (χ1) is 6.18. The maximum absolute atomic E-state index is 11.0. The average molecular weight is 196 g/mol. The third kappa shape index (κ3) is 1.42. The molecule has 1 aromatic carbocycles. The SMILES string of the molecule is CC1C(=O)NC1c1cccc(Cl)c1. The van der Waals surface area contributed by atoms with Gasteiger partial charge in [-0.25, -0.2) is 0 Å². The highest BCUT2D eigenvalue weighted by Gasteiger charge is 2.36. The largest absolute Gasteiger partial charge is 0.348 e. The normalized spacial score (nSPS) is 26.5. The smallest absolute Gasteiger partial charge is 0.225 e. The highest BCUT2D eigenvalue weighted by molar-refractivity contribution is 6.30. The molecule has 1 aliphatic heterocycles. The molecule has 1 aliphatic rings. The zero-order chi connectivity index (χ0) is 9.42. The second kappa shape index (κ2) is 3.04. The monoisotopic (exact) mass is 195 g/mol. The van der Waals surface area contributed by atoms with E-state index in [1.807, 2.05) is 31.2 Å². The molecule has 2 rings (SSSR count). The van der Waals surface area contributed by atoms with Crippen LogP contribution in [0.3, 0.4) is 0 Å². The lowest BCUT2D eigenvalue weighted by molar-refractivity contribution is -0.134. The summed E-state index contributed by atoms with van der Waals surface area (Å²) in [6.45, 7) is 1.92. The van der Waals surface area contributed by atoms with Gasteiger partial charge in [-0.3, -0.25) is 4.79 Å². The molecule has 68 valence electrons. The molecule has 0 aliphatic carbocycles. The number of hydrogen-bond acceptors (Lipinski definition) is 1. The molecule has 0 radical (unpaired) electrons. The zero-order valence-electron chi connectivity index (χ0n) is 7.25. The number of hydrogen-bond donors (Lipinski definition) is 1. The van der Waals surface area contributed by atoms with E-state index in [0.29, 0.717) is 5.02 Å². The van der Waals surface area contributed by atoms with Crippen LogP contribution in [0.25, 0.3) is 0 Å². The van der Waals surface area contributed by atoms with E-state index in [2.05, 4.69) is 5.32 Å². The first-order valence-corrected chi connectivity index (χ1v) is 4.62. The minimum atomic E-state index is 0.0680. The van der Waals surface area contributed by atoms with E-state index in [9.17, 15) is 4.79 Å². The number of nitrogens with one attached hydrogen (secondary N) is 1. The molecule has 1 saturated heterocycles. The van der Waals surface area contributed by atoms with E-state index in [0.717, 1.165) is 5.56 Å². The zero-order valence-corrected chi connectivity index (χ0v) is 8.01. The Morgan fingerprint density at radius 1 is 1.46 bits per heavy atom. The van der Waals surface area contributed by atoms with Gasteiger partial charge in [0.05, 0.1) is 12.0 Å². The van der Waals surface area contributed by atoms with E-state index in [1.165, 1.54) is 0 Å². The van der Waals surface area contributed by atoms with Gasteiger partial charge in [-0.15, -0.1) is 0 Å². The van der Waals surface area contributed by atoms with E-state index in [4.69, 9.17) is 11.6 Å². The summed E-state index contributed by atoms with van der Waals surface area (Å²) in [6.07, 6.45) is 0. The first-order valence-electron chi connectivity index (χ1n) is 4.24. The summed E-state index contributed by atoms with van der Waals surface area (Å²) in [5, 5.41) is 3.55. The van der Waals surface area contributed by atoms with E-state index >= 15 is 0 Å². The molecule has 2 unspecified atom stereocenters. The molecule has 1 aromatic rings. The third-order valence-electron chi connectivity index (χ3n) is 2.42. The van der Waals surface area contributed by atoms with Crippen molar-refractivity contribution < 1.29 is 4.79 Å². The van der Waals surface area contributed by atoms with Crippen LogP contribution in [0.5, 0.6) is 0 Å². The second-order valence-corrected chi connectivity index (χ2v) is 3.77. The Morgan fingerprint density at radius 2 is 2.23 bits per heavy atom. The standard InChI is InChI=1S/C10H10ClNO/c1-6-9(12-10(6)13)7-3-2-4-8(11)5-7/h2-6,9H,1H3,(H,12,13). The van der Waals surface area contributed by atoms with Crippen LogP contribution >= 0.6 is 11.6 Å². The van der Waals surface area contributed by atoms with Crippen molar-refractivity contribution in [1.29, 1.82) is 0 Å². The maximum Gasteiger partial charge on any atom is 0.225 e. The third-order valence-corrected chi connectivity index (χ3v) is 2.65. The van der Waals surface area contributed by atoms with Crippen LogP contribution in [0.2, 0.25) is 5.02 Å². The van der Waals surface area contributed by atoms with E-state index < -0.39 is 0 Å². The minimum absolute atomic E-state index is 0.0680. The maximum atomic E-state index is 11.0. The van der Waals surface area contributed by atoms with Crippen molar-refractivity contribution in [2.45, 2.75) is 13.0 Å². The van der Waals surface area contributed by atoms with Crippen LogP contribution in [0.4, 0.5) is 0 Å². The van der Waals surface area contributed by atoms with E-state index in [1.54, 1.807) is 0 Å². The lowest BCUT2D eigenvalue weighted by Crippen LogP contribution is -2.49. The van der Waals surface area contributed by atoms with Crippen LogP contribution in [0.15, 0.2) is 24.3 Å². The van der Waals surface area contributed by atoms with Gasteiger partial charge >= 0.3 is 0 Å². The molecule has 3 heteroatoms. The number of carbonyl (C=O) groups is 1. The summed E-state index contributed by atoms with van der Waals surface area (Å²) < 4.78 is 0. The molecule has 13 heavy (non-hydrogen) atoms. The molecule has 0 saturated carbocycles. The Morgan fingerprint density at radius 3 is 2.77 bits per heavy atom. The van der Waals surface area contributed by atoms with Gasteiger partial charge < -0.3 is 5.32 Å². The average Bonchev–Trinajstić information content (AvgIpc) is 2.13. The first kappa shape index (κ1) is 8.57. The lowest BCUT2D eigenvalue weighted by atomic mass is 9.87. The molecule has 1 fully saturated rings. The van der Waals surface area contributed by atoms with Crippen LogP contribution in [0, 0.1) is 5.92 Å². The van der Waals surface area contributed by atoms with Gasteiger partial charge in [-0.1, -0.05) is 30.7 Å². The Bertz CT molecular complexity index is 351. The lowest BCUT2D eigenvalue weighted by Gasteiger charge is -2.34. The predicted octanol–water partition coefficient (Wildman–Crippen LogP) is 2.15. The molecular weight excluding hydrogens is 186 g/mol. The van der Waals surface area contributed by atoms with Crippen molar-refractivity contribution in [3.05, 3.63) is 34.9 Å². The molecule has 1 amide bonds. The van der Waals surface area contributed by atoms with E-state index in [-0.39, 0.29) is 17.9 Å². The Labute approximate surface area is 81.9 Å². The van der Waals surface area contributed by atoms with Crippen LogP contribution in [-0.4, -0.2) is 5.91 Å². The van der Waals surface area contributed by atoms with Crippen LogP contribution in [-0.2, 0) is 4.79 Å². The molecule has 0 spiro atoms. The van der Waals surface area contributed by atoms with Crippen molar-refractivity contribution in [3.8, 4) is 0 Å². The fourth-order valence-electron chi connectivity index (χ4n) is 1.54. The highest BCUT2D eigenvalue weighted by Crippen LogP contribution is 2.30. The summed E-state index contributed by atoms with van der Waals surface area (Å²) in [7, 11) is 0. The van der Waals surface area contributed by atoms with Gasteiger partial charge in [0.25, 0.3) is 0 Å². The van der Waals surface area contributed by atoms with Crippen LogP contribution in [0.1, 0.15) is 18.5 Å². The molecule has 1 N–H and O–H groups in total. The van der Waals surface area contributed by atoms with Crippen molar-refractivity contribution in [1.82, 2.24) is 5.32 Å². The molecule has 1 heterocycles. The Kier molecular flexibility index (Phi) is 2.00. The van der Waals surface area contributed by atoms with Crippen molar-refractivity contribution in [2.24, 2.45) is 5.92 Å². The predicted molar refractivity (Wildman–Crippen MR) is 51.5 cm³/mol. The fraction of sp³-hybridized carbons (Fsp3) is 0.300. The second-order valence-electron chi connectivity index (χ2n) is 3.33. The van der Waals surface area contributed by atoms with Gasteiger partial charge in [0, 0.05) is 5.02 Å². The number of benzene rings is 1. The van der Waals surface area contributed by atoms with Gasteiger partial charge in [0.15, 0.2) is 0 Å². The topological polar surface area (TPSA) is 29.1 Å². The van der Waals surface area contributed by atoms with Gasteiger partial charge in [-0.2, -0.15) is 0 Å². The summed E-state index contributed by atoms with van der Waals surface area (Å²) in [5.74, 6) is 0.184. The molecule has 2 nitrogen and oxygen atoms in total. The van der Waals surface area contributed by atoms with Crippen molar-refractivity contribution in [3.63, 3.8) is 0 Å². The van der Waals surface area contributed by atoms with Crippen LogP contribution < -0.4 is 5.32 Å². The number of halogens is 1. The number of β-lactam (4-membered cyclic amide) rings is 1. The summed E-state index contributed by atoms with van der Waals surface area (Å²) in [4.78, 5) is 11.0. The summed E-state index contributed by atoms with van der Waals surface area (Å²) in [6, 6.07) is 7.74. The highest BCUT2D eigenvalue weighted by atomic mass is 35.5. The number of amides is 1. The van der Waals surface area contributed by atoms with Gasteiger partial charge in [-0.05, 0) is 17.7 Å². The quantitative estimate of drug-likeness (QED) is 0.684. The minimum Gasteiger partial charge on any atom is -0.348 e. The molecule has 2 atom stereocenters. The summed E-state index contributed by atoms with van der Waals surface area (Å²) in [5.41, 5.74) is 1.08. The Balaban J connectivity index is 2.23. The Hall–Kier alpha value is -1.02. The number of carbonyl (C=O) groups excluding carboxylic acids is 1. The molecular formula is C10H10ClNO. The van der Waals surface area contributed by atoms with Gasteiger partial charge in [0.1, 0.15) is 0 Å². The number of rotatable bonds is 1. The molecule has 0 aromatic heterocycles. The van der Waals surface area contributed by atoms with Crippen molar-refractivity contribution >= 4 is 17.5 Å². The fourth-order valence-corrected chi connectivity index (χ4v) is 1.74. The van der Waals surface area contributed by atoms with Crippen molar-refractivity contribution in [2.75, 3.05) is 0 Å².